The van der Waals surface area contributed by atoms with Crippen molar-refractivity contribution in [3.63, 3.8) is 0 Å². The molecule has 1 rings (SSSR count). The van der Waals surface area contributed by atoms with Gasteiger partial charge in [-0.3, -0.25) is 9.35 Å². The molecule has 0 aromatic carbocycles. The number of aldehydes is 1. The van der Waals surface area contributed by atoms with Crippen LogP contribution >= 0.6 is 0 Å². The third-order valence-electron chi connectivity index (χ3n) is 2.45. The molecule has 1 aromatic heterocycles. The van der Waals surface area contributed by atoms with Gasteiger partial charge in [-0.1, -0.05) is 0 Å². The van der Waals surface area contributed by atoms with Crippen LogP contribution in [0.2, 0.25) is 0 Å². The summed E-state index contributed by atoms with van der Waals surface area (Å²) < 4.78 is 74.5. The van der Waals surface area contributed by atoms with Gasteiger partial charge in [0.05, 0.1) is 25.7 Å². The number of nitrogens with zero attached hydrogens (tertiary/aromatic N) is 2. The topological polar surface area (TPSA) is 139 Å². The number of rotatable bonds is 4. The molecule has 0 aliphatic rings. The number of halogens is 1. The van der Waals surface area contributed by atoms with E-state index in [0.29, 0.717) is 6.07 Å². The summed E-state index contributed by atoms with van der Waals surface area (Å²) in [5.74, 6) is -2.16. The molecule has 0 bridgehead atoms. The lowest BCUT2D eigenvalue weighted by Crippen LogP contribution is -2.46. The van der Waals surface area contributed by atoms with Crippen molar-refractivity contribution in [1.82, 2.24) is 8.87 Å². The Morgan fingerprint density at radius 3 is 2.10 bits per heavy atom. The Morgan fingerprint density at radius 2 is 1.75 bits per heavy atom. The second-order valence-corrected chi connectivity index (χ2v) is 7.22. The van der Waals surface area contributed by atoms with Gasteiger partial charge in [0.15, 0.2) is 6.29 Å². The first-order valence-electron chi connectivity index (χ1n) is 4.77. The van der Waals surface area contributed by atoms with E-state index in [2.05, 4.69) is 4.98 Å². The molecule has 0 spiro atoms. The van der Waals surface area contributed by atoms with Gasteiger partial charge < -0.3 is 0 Å². The zero-order valence-corrected chi connectivity index (χ0v) is 11.8. The van der Waals surface area contributed by atoms with Crippen molar-refractivity contribution < 1.29 is 35.1 Å². The SMILES string of the molecule is C[N+](C)(c1cc(F)c(C=O)c(S(=O)(=O)O)n1)S(=O)(=O)O. The summed E-state index contributed by atoms with van der Waals surface area (Å²) in [6.07, 6.45) is -0.192. The van der Waals surface area contributed by atoms with Crippen molar-refractivity contribution in [2.24, 2.45) is 0 Å². The fourth-order valence-electron chi connectivity index (χ4n) is 1.19. The highest BCUT2D eigenvalue weighted by Crippen LogP contribution is 2.25. The highest BCUT2D eigenvalue weighted by Gasteiger charge is 2.38. The molecular weight excluding hydrogens is 319 g/mol. The Balaban J connectivity index is 3.81. The number of quaternary nitrogens is 1. The molecule has 0 unspecified atom stereocenters. The number of aromatic nitrogens is 1. The molecule has 0 atom stereocenters. The van der Waals surface area contributed by atoms with E-state index in [1.54, 1.807) is 0 Å². The van der Waals surface area contributed by atoms with E-state index in [0.717, 1.165) is 14.1 Å². The molecule has 0 aliphatic carbocycles. The standard InChI is InChI=1S/C8H9FN2O7S2/c1-11(2,20(16,17)18)7-3-6(9)5(4-12)8(10-7)19(13,14)15/h3-4H,1-2H3,(H-,13,14,15,16,17,18)/p+1. The van der Waals surface area contributed by atoms with Crippen LogP contribution in [0.4, 0.5) is 10.2 Å². The van der Waals surface area contributed by atoms with Gasteiger partial charge in [-0.25, -0.2) is 8.94 Å². The minimum Gasteiger partial charge on any atom is -0.298 e. The van der Waals surface area contributed by atoms with E-state index in [1.165, 1.54) is 0 Å². The Labute approximate surface area is 113 Å². The number of hydrogen-bond acceptors (Lipinski definition) is 6. The van der Waals surface area contributed by atoms with Crippen LogP contribution in [0.5, 0.6) is 0 Å². The third-order valence-corrected chi connectivity index (χ3v) is 4.59. The molecule has 0 radical (unpaired) electrons. The fraction of sp³-hybridized carbons (Fsp3) is 0.250. The van der Waals surface area contributed by atoms with Gasteiger partial charge >= 0.3 is 20.4 Å². The predicted octanol–water partition coefficient (Wildman–Crippen LogP) is -0.350. The second kappa shape index (κ2) is 4.82. The first-order valence-corrected chi connectivity index (χ1v) is 7.61. The van der Waals surface area contributed by atoms with E-state index < -0.39 is 46.5 Å². The van der Waals surface area contributed by atoms with Crippen molar-refractivity contribution in [1.29, 1.82) is 0 Å². The van der Waals surface area contributed by atoms with Gasteiger partial charge in [0.1, 0.15) is 5.82 Å². The number of carbonyl (C=O) groups is 1. The van der Waals surface area contributed by atoms with Crippen molar-refractivity contribution in [2.75, 3.05) is 14.1 Å². The largest absolute Gasteiger partial charge is 0.438 e. The van der Waals surface area contributed by atoms with Crippen molar-refractivity contribution in [2.45, 2.75) is 5.03 Å². The van der Waals surface area contributed by atoms with Crippen molar-refractivity contribution >= 4 is 32.5 Å². The Hall–Kier alpha value is -1.47. The highest BCUT2D eigenvalue weighted by atomic mass is 32.2. The smallest absolute Gasteiger partial charge is 0.298 e. The van der Waals surface area contributed by atoms with Crippen LogP contribution in [-0.2, 0) is 20.4 Å². The molecule has 1 heterocycles. The van der Waals surface area contributed by atoms with Gasteiger partial charge in [0.2, 0.25) is 10.8 Å². The maximum Gasteiger partial charge on any atom is 0.438 e. The van der Waals surface area contributed by atoms with E-state index in [9.17, 15) is 26.0 Å². The maximum atomic E-state index is 13.6. The Morgan fingerprint density at radius 1 is 1.25 bits per heavy atom. The summed E-state index contributed by atoms with van der Waals surface area (Å²) in [6, 6.07) is 0.464. The molecule has 0 aliphatic heterocycles. The van der Waals surface area contributed by atoms with E-state index >= 15 is 0 Å². The number of carbonyl (C=O) groups excluding carboxylic acids is 1. The lowest BCUT2D eigenvalue weighted by molar-refractivity contribution is 0.111. The van der Waals surface area contributed by atoms with E-state index in [1.807, 2.05) is 0 Å². The van der Waals surface area contributed by atoms with Gasteiger partial charge in [-0.2, -0.15) is 17.3 Å². The zero-order valence-electron chi connectivity index (χ0n) is 10.2. The fourth-order valence-corrected chi connectivity index (χ4v) is 2.15. The summed E-state index contributed by atoms with van der Waals surface area (Å²) in [5, 5.41) is -1.34. The molecule has 0 saturated carbocycles. The number of hydrogen-bond donors (Lipinski definition) is 2. The van der Waals surface area contributed by atoms with Crippen molar-refractivity contribution in [3.05, 3.63) is 17.4 Å². The lowest BCUT2D eigenvalue weighted by Gasteiger charge is -2.23. The van der Waals surface area contributed by atoms with Crippen LogP contribution in [0.3, 0.4) is 0 Å². The van der Waals surface area contributed by atoms with Crippen LogP contribution in [0.1, 0.15) is 10.4 Å². The molecule has 0 fully saturated rings. The van der Waals surface area contributed by atoms with Gasteiger partial charge in [-0.15, -0.1) is 8.42 Å². The molecule has 112 valence electrons. The summed E-state index contributed by atoms with van der Waals surface area (Å²) >= 11 is 0. The quantitative estimate of drug-likeness (QED) is 0.434. The molecule has 9 nitrogen and oxygen atoms in total. The van der Waals surface area contributed by atoms with Crippen LogP contribution in [0.15, 0.2) is 11.1 Å². The van der Waals surface area contributed by atoms with Crippen molar-refractivity contribution in [3.8, 4) is 0 Å². The molecule has 12 heteroatoms. The van der Waals surface area contributed by atoms with Gasteiger partial charge in [-0.05, 0) is 0 Å². The Bertz CT molecular complexity index is 770. The van der Waals surface area contributed by atoms with Crippen LogP contribution in [0.25, 0.3) is 0 Å². The molecular formula is C8H10FN2O7S2+. The predicted molar refractivity (Wildman–Crippen MR) is 64.6 cm³/mol. The molecule has 1 aromatic rings. The summed E-state index contributed by atoms with van der Waals surface area (Å²) in [5.41, 5.74) is -1.05. The number of pyridine rings is 1. The van der Waals surface area contributed by atoms with E-state index in [4.69, 9.17) is 9.11 Å². The molecule has 0 saturated heterocycles. The van der Waals surface area contributed by atoms with Crippen LogP contribution in [0, 0.1) is 5.82 Å². The van der Waals surface area contributed by atoms with Crippen LogP contribution < -0.4 is 3.89 Å². The first kappa shape index (κ1) is 16.6. The first-order chi connectivity index (χ1) is 8.82. The Kier molecular flexibility index (Phi) is 4.00. The monoisotopic (exact) mass is 329 g/mol. The molecule has 2 N–H and O–H groups in total. The van der Waals surface area contributed by atoms with Gasteiger partial charge in [0, 0.05) is 0 Å². The van der Waals surface area contributed by atoms with Gasteiger partial charge in [0.25, 0.3) is 0 Å². The highest BCUT2D eigenvalue weighted by molar-refractivity contribution is 7.86. The molecule has 0 amide bonds. The minimum absolute atomic E-state index is 0.192. The minimum atomic E-state index is -5.07. The average Bonchev–Trinajstić information content (AvgIpc) is 2.24. The zero-order chi connectivity index (χ0) is 15.9. The van der Waals surface area contributed by atoms with E-state index in [-0.39, 0.29) is 6.29 Å². The summed E-state index contributed by atoms with van der Waals surface area (Å²) in [6.45, 7) is 0. The molecule has 20 heavy (non-hydrogen) atoms. The maximum absolute atomic E-state index is 13.6. The average molecular weight is 329 g/mol. The van der Waals surface area contributed by atoms with Crippen LogP contribution in [-0.4, -0.2) is 51.3 Å². The lowest BCUT2D eigenvalue weighted by atomic mass is 10.3. The second-order valence-electron chi connectivity index (χ2n) is 4.07. The normalized spacial score (nSPS) is 13.2. The summed E-state index contributed by atoms with van der Waals surface area (Å²) in [7, 11) is -8.11. The third kappa shape index (κ3) is 2.83. The summed E-state index contributed by atoms with van der Waals surface area (Å²) in [4.78, 5) is 13.9.